The van der Waals surface area contributed by atoms with Gasteiger partial charge in [0.2, 0.25) is 4.77 Å². The monoisotopic (exact) mass is 434 g/mol. The number of aromatic nitrogens is 6. The second kappa shape index (κ2) is 6.83. The van der Waals surface area contributed by atoms with Crippen LogP contribution in [0.3, 0.4) is 0 Å². The highest BCUT2D eigenvalue weighted by Crippen LogP contribution is 2.32. The zero-order chi connectivity index (χ0) is 20.3. The van der Waals surface area contributed by atoms with Gasteiger partial charge in [-0.2, -0.15) is 10.1 Å². The number of ether oxygens (including phenoxy) is 1. The van der Waals surface area contributed by atoms with Crippen LogP contribution in [-0.2, 0) is 4.74 Å². The molecule has 0 bridgehead atoms. The first kappa shape index (κ1) is 18.6. The Kier molecular flexibility index (Phi) is 4.38. The third-order valence-electron chi connectivity index (χ3n) is 4.98. The van der Waals surface area contributed by atoms with Crippen molar-refractivity contribution in [2.75, 3.05) is 6.61 Å². The molecule has 4 aromatic rings. The van der Waals surface area contributed by atoms with Gasteiger partial charge in [-0.05, 0) is 36.5 Å². The molecule has 12 heteroatoms. The van der Waals surface area contributed by atoms with Crippen LogP contribution >= 0.6 is 23.8 Å². The summed E-state index contributed by atoms with van der Waals surface area (Å²) < 4.78 is 8.95. The lowest BCUT2D eigenvalue weighted by Gasteiger charge is -2.16. The maximum atomic E-state index is 10.3. The van der Waals surface area contributed by atoms with Crippen LogP contribution in [0.25, 0.3) is 28.2 Å². The summed E-state index contributed by atoms with van der Waals surface area (Å²) in [4.78, 5) is 8.82. The minimum Gasteiger partial charge on any atom is -0.394 e. The molecule has 0 unspecified atom stereocenters. The molecule has 1 aliphatic rings. The largest absolute Gasteiger partial charge is 0.394 e. The molecule has 3 aromatic heterocycles. The number of aliphatic hydroxyl groups is 3. The van der Waals surface area contributed by atoms with E-state index in [-0.39, 0.29) is 4.77 Å². The average Bonchev–Trinajstić information content (AvgIpc) is 3.40. The number of hydrogen-bond donors (Lipinski definition) is 4. The van der Waals surface area contributed by atoms with E-state index in [1.807, 2.05) is 12.1 Å². The molecule has 0 radical (unpaired) electrons. The SMILES string of the molecule is OC[C@H]1O[C@@H](n2cnc3c2nc(=S)n2c(-c4ccc(Cl)cc4)n[nH]c32)[C@H](O)[C@@H]1O. The Morgan fingerprint density at radius 2 is 1.97 bits per heavy atom. The predicted octanol–water partition coefficient (Wildman–Crippen LogP) is 1.07. The number of H-pyrrole nitrogens is 1. The standard InChI is InChI=1S/C17H15ClN6O4S/c18-8-3-1-7(2-4-8)13-21-22-15-10-14(20-17(29)24(13)15)23(6-19-10)16-12(27)11(26)9(5-25)28-16/h1-4,6,9,11-12,16,22,25-27H,5H2/t9-,11-,12-,16-/m1/s1. The Bertz CT molecular complexity index is 1270. The second-order valence-electron chi connectivity index (χ2n) is 6.69. The first-order valence-electron chi connectivity index (χ1n) is 8.71. The summed E-state index contributed by atoms with van der Waals surface area (Å²) in [5.74, 6) is 0.554. The average molecular weight is 435 g/mol. The van der Waals surface area contributed by atoms with Crippen LogP contribution in [-0.4, -0.2) is 69.4 Å². The Labute approximate surface area is 173 Å². The van der Waals surface area contributed by atoms with Gasteiger partial charge in [-0.25, -0.2) is 9.38 Å². The van der Waals surface area contributed by atoms with Crippen LogP contribution in [0.5, 0.6) is 0 Å². The maximum Gasteiger partial charge on any atom is 0.209 e. The summed E-state index contributed by atoms with van der Waals surface area (Å²) in [5, 5.41) is 37.6. The lowest BCUT2D eigenvalue weighted by Crippen LogP contribution is -2.33. The first-order valence-corrected chi connectivity index (χ1v) is 9.50. The Hall–Kier alpha value is -2.41. The molecule has 10 nitrogen and oxygen atoms in total. The first-order chi connectivity index (χ1) is 14.0. The van der Waals surface area contributed by atoms with Gasteiger partial charge in [0, 0.05) is 10.6 Å². The number of hydrogen-bond acceptors (Lipinski definition) is 8. The fourth-order valence-corrected chi connectivity index (χ4v) is 3.91. The van der Waals surface area contributed by atoms with E-state index in [1.165, 1.54) is 10.9 Å². The van der Waals surface area contributed by atoms with E-state index in [1.54, 1.807) is 16.5 Å². The quantitative estimate of drug-likeness (QED) is 0.352. The molecule has 1 aliphatic heterocycles. The number of rotatable bonds is 3. The van der Waals surface area contributed by atoms with Crippen LogP contribution in [0.4, 0.5) is 0 Å². The highest BCUT2D eigenvalue weighted by atomic mass is 35.5. The topological polar surface area (TPSA) is 134 Å². The molecular formula is C17H15ClN6O4S. The van der Waals surface area contributed by atoms with E-state index in [0.717, 1.165) is 5.56 Å². The van der Waals surface area contributed by atoms with E-state index in [4.69, 9.17) is 28.6 Å². The van der Waals surface area contributed by atoms with Gasteiger partial charge in [0.1, 0.15) is 18.3 Å². The molecular weight excluding hydrogens is 420 g/mol. The fraction of sp³-hybridized carbons (Fsp3) is 0.294. The van der Waals surface area contributed by atoms with Gasteiger partial charge in [0.25, 0.3) is 0 Å². The van der Waals surface area contributed by atoms with Crippen molar-refractivity contribution in [1.82, 2.24) is 29.1 Å². The molecule has 4 atom stereocenters. The van der Waals surface area contributed by atoms with Crippen molar-refractivity contribution < 1.29 is 20.1 Å². The normalized spacial score (nSPS) is 24.7. The van der Waals surface area contributed by atoms with E-state index in [9.17, 15) is 15.3 Å². The van der Waals surface area contributed by atoms with Crippen molar-refractivity contribution in [3.05, 3.63) is 40.4 Å². The van der Waals surface area contributed by atoms with E-state index in [0.29, 0.717) is 27.7 Å². The number of imidazole rings is 1. The van der Waals surface area contributed by atoms with Crippen molar-refractivity contribution in [3.63, 3.8) is 0 Å². The summed E-state index contributed by atoms with van der Waals surface area (Å²) in [6.07, 6.45) is -2.91. The molecule has 5 rings (SSSR count). The van der Waals surface area contributed by atoms with Crippen LogP contribution in [0, 0.1) is 4.77 Å². The van der Waals surface area contributed by atoms with Gasteiger partial charge in [-0.1, -0.05) is 11.6 Å². The third-order valence-corrected chi connectivity index (χ3v) is 5.51. The third kappa shape index (κ3) is 2.78. The minimum atomic E-state index is -1.25. The molecule has 0 amide bonds. The van der Waals surface area contributed by atoms with Gasteiger partial charge < -0.3 is 20.1 Å². The van der Waals surface area contributed by atoms with Crippen molar-refractivity contribution >= 4 is 40.6 Å². The van der Waals surface area contributed by atoms with Gasteiger partial charge in [0.05, 0.1) is 12.9 Å². The number of halogens is 1. The number of aromatic amines is 1. The van der Waals surface area contributed by atoms with Crippen molar-refractivity contribution in [3.8, 4) is 11.4 Å². The maximum absolute atomic E-state index is 10.3. The van der Waals surface area contributed by atoms with E-state index >= 15 is 0 Å². The lowest BCUT2D eigenvalue weighted by molar-refractivity contribution is -0.0511. The van der Waals surface area contributed by atoms with Crippen molar-refractivity contribution in [2.45, 2.75) is 24.5 Å². The van der Waals surface area contributed by atoms with Crippen molar-refractivity contribution in [2.24, 2.45) is 0 Å². The summed E-state index contributed by atoms with van der Waals surface area (Å²) in [5.41, 5.74) is 2.14. The summed E-state index contributed by atoms with van der Waals surface area (Å²) in [6.45, 7) is -0.424. The molecule has 4 N–H and O–H groups in total. The summed E-state index contributed by atoms with van der Waals surface area (Å²) in [6, 6.07) is 7.15. The molecule has 1 saturated heterocycles. The van der Waals surface area contributed by atoms with Gasteiger partial charge >= 0.3 is 0 Å². The van der Waals surface area contributed by atoms with Gasteiger partial charge in [-0.3, -0.25) is 9.67 Å². The number of aliphatic hydroxyl groups excluding tert-OH is 3. The Morgan fingerprint density at radius 1 is 1.21 bits per heavy atom. The summed E-state index contributed by atoms with van der Waals surface area (Å²) in [7, 11) is 0. The molecule has 4 heterocycles. The smallest absolute Gasteiger partial charge is 0.209 e. The molecule has 0 aliphatic carbocycles. The Morgan fingerprint density at radius 3 is 2.66 bits per heavy atom. The molecule has 0 spiro atoms. The predicted molar refractivity (Wildman–Crippen MR) is 105 cm³/mol. The van der Waals surface area contributed by atoms with Crippen molar-refractivity contribution in [1.29, 1.82) is 0 Å². The fourth-order valence-electron chi connectivity index (χ4n) is 3.52. The van der Waals surface area contributed by atoms with Crippen LogP contribution in [0.15, 0.2) is 30.6 Å². The van der Waals surface area contributed by atoms with Gasteiger partial charge in [-0.15, -0.1) is 0 Å². The number of nitrogens with one attached hydrogen (secondary N) is 1. The molecule has 29 heavy (non-hydrogen) atoms. The highest BCUT2D eigenvalue weighted by Gasteiger charge is 2.44. The van der Waals surface area contributed by atoms with E-state index in [2.05, 4.69) is 20.2 Å². The number of benzene rings is 1. The minimum absolute atomic E-state index is 0.222. The molecule has 1 aromatic carbocycles. The number of nitrogens with zero attached hydrogens (tertiary/aromatic N) is 5. The van der Waals surface area contributed by atoms with Gasteiger partial charge in [0.15, 0.2) is 28.9 Å². The highest BCUT2D eigenvalue weighted by molar-refractivity contribution is 7.71. The molecule has 1 fully saturated rings. The van der Waals surface area contributed by atoms with Crippen LogP contribution in [0.2, 0.25) is 5.02 Å². The Balaban J connectivity index is 1.67. The van der Waals surface area contributed by atoms with E-state index < -0.39 is 31.1 Å². The lowest BCUT2D eigenvalue weighted by atomic mass is 10.1. The van der Waals surface area contributed by atoms with Crippen LogP contribution in [0.1, 0.15) is 6.23 Å². The molecule has 0 saturated carbocycles. The zero-order valence-electron chi connectivity index (χ0n) is 14.7. The van der Waals surface area contributed by atoms with Crippen LogP contribution < -0.4 is 0 Å². The number of fused-ring (bicyclic) bond motifs is 3. The molecule has 150 valence electrons. The second-order valence-corrected chi connectivity index (χ2v) is 7.49. The summed E-state index contributed by atoms with van der Waals surface area (Å²) >= 11 is 11.4. The zero-order valence-corrected chi connectivity index (χ0v) is 16.2.